The molecule has 2 aromatic rings. The Kier molecular flexibility index (Phi) is 3.93. The summed E-state index contributed by atoms with van der Waals surface area (Å²) in [4.78, 5) is 3.98. The van der Waals surface area contributed by atoms with Gasteiger partial charge in [-0.1, -0.05) is 29.8 Å². The molecule has 0 N–H and O–H groups in total. The molecule has 0 unspecified atom stereocenters. The van der Waals surface area contributed by atoms with E-state index in [-0.39, 0.29) is 0 Å². The van der Waals surface area contributed by atoms with Crippen molar-refractivity contribution in [1.82, 2.24) is 4.90 Å². The summed E-state index contributed by atoms with van der Waals surface area (Å²) in [5, 5.41) is 0.857. The highest BCUT2D eigenvalue weighted by Gasteiger charge is 2.36. The Balaban J connectivity index is 1.79. The second-order valence-corrected chi connectivity index (χ2v) is 7.57. The lowest BCUT2D eigenvalue weighted by atomic mass is 9.82. The number of nitrogens with zero attached hydrogens (tertiary/aromatic N) is 1. The van der Waals surface area contributed by atoms with Crippen LogP contribution in [0.3, 0.4) is 0 Å². The zero-order valence-electron chi connectivity index (χ0n) is 12.8. The van der Waals surface area contributed by atoms with E-state index in [2.05, 4.69) is 53.6 Å². The molecule has 2 aromatic carbocycles. The molecular formula is C19H20ClNS. The zero-order chi connectivity index (χ0) is 15.1. The van der Waals surface area contributed by atoms with Crippen LogP contribution in [0, 0.1) is 0 Å². The minimum atomic E-state index is 0.443. The third-order valence-electron chi connectivity index (χ3n) is 5.08. The molecule has 3 heteroatoms. The summed E-state index contributed by atoms with van der Waals surface area (Å²) in [5.41, 5.74) is 4.34. The monoisotopic (exact) mass is 329 g/mol. The smallest absolute Gasteiger partial charge is 0.0409 e. The summed E-state index contributed by atoms with van der Waals surface area (Å²) in [6.45, 7) is 2.35. The van der Waals surface area contributed by atoms with Crippen molar-refractivity contribution in [3.63, 3.8) is 0 Å². The minimum Gasteiger partial charge on any atom is -0.295 e. The van der Waals surface area contributed by atoms with Gasteiger partial charge in [-0.25, -0.2) is 0 Å². The highest BCUT2D eigenvalue weighted by Crippen LogP contribution is 2.44. The van der Waals surface area contributed by atoms with E-state index >= 15 is 0 Å². The Morgan fingerprint density at radius 3 is 2.68 bits per heavy atom. The van der Waals surface area contributed by atoms with Gasteiger partial charge >= 0.3 is 0 Å². The van der Waals surface area contributed by atoms with Gasteiger partial charge in [0, 0.05) is 28.4 Å². The molecule has 2 aliphatic heterocycles. The fraction of sp³-hybridized carbons (Fsp3) is 0.368. The Morgan fingerprint density at radius 1 is 1.09 bits per heavy atom. The Hall–Kier alpha value is -0.960. The van der Waals surface area contributed by atoms with E-state index in [9.17, 15) is 0 Å². The first-order chi connectivity index (χ1) is 10.8. The Morgan fingerprint density at radius 2 is 1.91 bits per heavy atom. The Bertz CT molecular complexity index is 682. The van der Waals surface area contributed by atoms with Gasteiger partial charge in [0.05, 0.1) is 0 Å². The maximum Gasteiger partial charge on any atom is 0.0409 e. The molecule has 4 rings (SSSR count). The van der Waals surface area contributed by atoms with Crippen LogP contribution in [0.4, 0.5) is 0 Å². The van der Waals surface area contributed by atoms with Gasteiger partial charge in [-0.05, 0) is 66.6 Å². The van der Waals surface area contributed by atoms with E-state index < -0.39 is 0 Å². The fourth-order valence-electron chi connectivity index (χ4n) is 4.00. The summed E-state index contributed by atoms with van der Waals surface area (Å²) in [7, 11) is 0. The molecule has 0 bridgehead atoms. The molecule has 0 spiro atoms. The summed E-state index contributed by atoms with van der Waals surface area (Å²) in [6, 6.07) is 16.2. The second-order valence-electron chi connectivity index (χ2n) is 6.25. The van der Waals surface area contributed by atoms with Crippen LogP contribution >= 0.6 is 23.4 Å². The average molecular weight is 330 g/mol. The van der Waals surface area contributed by atoms with E-state index in [1.807, 2.05) is 0 Å². The number of hydrogen-bond acceptors (Lipinski definition) is 2. The molecule has 0 saturated carbocycles. The van der Waals surface area contributed by atoms with Crippen LogP contribution in [-0.2, 0) is 0 Å². The lowest BCUT2D eigenvalue weighted by Gasteiger charge is -2.37. The standard InChI is InChI=1S/C19H20ClNS/c1-22-15-7-4-13(5-8-15)18-12-21-10-2-3-19(21)16-9-6-14(20)11-17(16)18/h4-9,11,18-19H,2-3,10,12H2,1H3/t18-,19+/m0/s1. The van der Waals surface area contributed by atoms with Crippen molar-refractivity contribution in [2.75, 3.05) is 19.3 Å². The highest BCUT2D eigenvalue weighted by atomic mass is 35.5. The minimum absolute atomic E-state index is 0.443. The van der Waals surface area contributed by atoms with Crippen LogP contribution < -0.4 is 0 Å². The molecule has 1 fully saturated rings. The van der Waals surface area contributed by atoms with Crippen molar-refractivity contribution in [1.29, 1.82) is 0 Å². The topological polar surface area (TPSA) is 3.24 Å². The first kappa shape index (κ1) is 14.6. The molecule has 2 atom stereocenters. The highest BCUT2D eigenvalue weighted by molar-refractivity contribution is 7.98. The number of halogens is 1. The SMILES string of the molecule is CSc1ccc([C@@H]2CN3CCC[C@@H]3c3ccc(Cl)cc32)cc1. The van der Waals surface area contributed by atoms with E-state index in [0.717, 1.165) is 11.6 Å². The molecule has 114 valence electrons. The van der Waals surface area contributed by atoms with Gasteiger partial charge in [-0.15, -0.1) is 11.8 Å². The third kappa shape index (κ3) is 2.47. The molecule has 0 aliphatic carbocycles. The van der Waals surface area contributed by atoms with Crippen LogP contribution in [0.2, 0.25) is 5.02 Å². The number of hydrogen-bond donors (Lipinski definition) is 0. The third-order valence-corrected chi connectivity index (χ3v) is 6.06. The first-order valence-corrected chi connectivity index (χ1v) is 9.54. The predicted octanol–water partition coefficient (Wildman–Crippen LogP) is 5.34. The lowest BCUT2D eigenvalue weighted by Crippen LogP contribution is -2.34. The zero-order valence-corrected chi connectivity index (χ0v) is 14.3. The van der Waals surface area contributed by atoms with Gasteiger partial charge in [-0.3, -0.25) is 4.90 Å². The normalized spacial score (nSPS) is 24.1. The van der Waals surface area contributed by atoms with Gasteiger partial charge in [0.2, 0.25) is 0 Å². The maximum absolute atomic E-state index is 6.30. The molecule has 1 nitrogen and oxygen atoms in total. The van der Waals surface area contributed by atoms with Crippen molar-refractivity contribution in [2.45, 2.75) is 29.7 Å². The van der Waals surface area contributed by atoms with Crippen LogP contribution in [0.5, 0.6) is 0 Å². The quantitative estimate of drug-likeness (QED) is 0.684. The van der Waals surface area contributed by atoms with E-state index in [4.69, 9.17) is 11.6 Å². The van der Waals surface area contributed by atoms with Crippen LogP contribution in [0.15, 0.2) is 47.4 Å². The average Bonchev–Trinajstić information content (AvgIpc) is 3.02. The number of rotatable bonds is 2. The van der Waals surface area contributed by atoms with Gasteiger partial charge in [0.25, 0.3) is 0 Å². The maximum atomic E-state index is 6.30. The van der Waals surface area contributed by atoms with Crippen molar-refractivity contribution in [3.05, 3.63) is 64.2 Å². The largest absolute Gasteiger partial charge is 0.295 e. The molecule has 2 aliphatic rings. The summed E-state index contributed by atoms with van der Waals surface area (Å²) in [6.07, 6.45) is 4.72. The van der Waals surface area contributed by atoms with E-state index in [1.165, 1.54) is 41.0 Å². The molecular weight excluding hydrogens is 310 g/mol. The van der Waals surface area contributed by atoms with E-state index in [0.29, 0.717) is 12.0 Å². The number of thioether (sulfide) groups is 1. The molecule has 2 heterocycles. The van der Waals surface area contributed by atoms with Crippen molar-refractivity contribution in [2.24, 2.45) is 0 Å². The van der Waals surface area contributed by atoms with Crippen molar-refractivity contribution in [3.8, 4) is 0 Å². The lowest BCUT2D eigenvalue weighted by molar-refractivity contribution is 0.230. The number of fused-ring (bicyclic) bond motifs is 3. The summed E-state index contributed by atoms with van der Waals surface area (Å²) < 4.78 is 0. The van der Waals surface area contributed by atoms with Gasteiger partial charge in [-0.2, -0.15) is 0 Å². The Labute approximate surface area is 141 Å². The molecule has 1 saturated heterocycles. The number of benzene rings is 2. The van der Waals surface area contributed by atoms with Gasteiger partial charge < -0.3 is 0 Å². The predicted molar refractivity (Wildman–Crippen MR) is 95.1 cm³/mol. The fourth-order valence-corrected chi connectivity index (χ4v) is 4.59. The van der Waals surface area contributed by atoms with Crippen LogP contribution in [0.1, 0.15) is 41.5 Å². The summed E-state index contributed by atoms with van der Waals surface area (Å²) >= 11 is 8.10. The van der Waals surface area contributed by atoms with Crippen molar-refractivity contribution >= 4 is 23.4 Å². The second kappa shape index (κ2) is 5.92. The van der Waals surface area contributed by atoms with Gasteiger partial charge in [0.1, 0.15) is 0 Å². The van der Waals surface area contributed by atoms with Crippen LogP contribution in [-0.4, -0.2) is 24.2 Å². The molecule has 0 aromatic heterocycles. The molecule has 22 heavy (non-hydrogen) atoms. The van der Waals surface area contributed by atoms with Gasteiger partial charge in [0.15, 0.2) is 0 Å². The molecule has 0 radical (unpaired) electrons. The van der Waals surface area contributed by atoms with Crippen LogP contribution in [0.25, 0.3) is 0 Å². The molecule has 0 amide bonds. The first-order valence-electron chi connectivity index (χ1n) is 7.93. The van der Waals surface area contributed by atoms with E-state index in [1.54, 1.807) is 11.8 Å². The summed E-state index contributed by atoms with van der Waals surface area (Å²) in [5.74, 6) is 0.443. The van der Waals surface area contributed by atoms with Crippen molar-refractivity contribution < 1.29 is 0 Å².